The van der Waals surface area contributed by atoms with Crippen LogP contribution in [0.5, 0.6) is 0 Å². The third-order valence-corrected chi connectivity index (χ3v) is 18.0. The molecule has 4 aliphatic rings. The fraction of sp³-hybridized carbons (Fsp3) is 0.423. The normalized spacial score (nSPS) is 24.6. The van der Waals surface area contributed by atoms with Gasteiger partial charge >= 0.3 is 11.4 Å². The average Bonchev–Trinajstić information content (AvgIpc) is 3.97. The number of fused-ring (bicyclic) bond motifs is 4. The Labute approximate surface area is 411 Å². The lowest BCUT2D eigenvalue weighted by Gasteiger charge is -2.46. The summed E-state index contributed by atoms with van der Waals surface area (Å²) < 4.78 is 78.6. The number of sulfone groups is 1. The molecule has 0 radical (unpaired) electrons. The van der Waals surface area contributed by atoms with E-state index in [4.69, 9.17) is 14.4 Å². The molecule has 374 valence electrons. The lowest BCUT2D eigenvalue weighted by Crippen LogP contribution is -2.55. The van der Waals surface area contributed by atoms with Gasteiger partial charge in [0.15, 0.2) is 21.5 Å². The minimum Gasteiger partial charge on any atom is -0.376 e. The Kier molecular flexibility index (Phi) is 10.1. The number of aryl methyl sites for hydroxylation is 3. The molecule has 3 fully saturated rings. The van der Waals surface area contributed by atoms with Crippen molar-refractivity contribution in [1.82, 2.24) is 48.3 Å². The maximum absolute atomic E-state index is 16.4. The van der Waals surface area contributed by atoms with E-state index in [-0.39, 0.29) is 70.3 Å². The van der Waals surface area contributed by atoms with Crippen molar-refractivity contribution in [3.63, 3.8) is 0 Å². The lowest BCUT2D eigenvalue weighted by molar-refractivity contribution is -0.0592. The molecule has 1 N–H and O–H groups in total. The molecular weight excluding hydrogens is 947 g/mol. The number of carbonyl (C=O) groups is 1. The maximum Gasteiger partial charge on any atom is 0.438 e. The van der Waals surface area contributed by atoms with Crippen molar-refractivity contribution in [2.75, 3.05) is 24.7 Å². The molecule has 3 aromatic carbocycles. The van der Waals surface area contributed by atoms with Crippen LogP contribution in [0.15, 0.2) is 81.2 Å². The second-order valence-corrected chi connectivity index (χ2v) is 23.5. The molecule has 1 saturated carbocycles. The zero-order valence-corrected chi connectivity index (χ0v) is 41.8. The fourth-order valence-electron chi connectivity index (χ4n) is 12.5. The summed E-state index contributed by atoms with van der Waals surface area (Å²) >= 11 is 0. The lowest BCUT2D eigenvalue weighted by atomic mass is 9.75. The molecule has 8 heterocycles. The summed E-state index contributed by atoms with van der Waals surface area (Å²) in [6.45, 7) is 11.8. The van der Waals surface area contributed by atoms with Crippen LogP contribution in [0.4, 0.5) is 8.78 Å². The quantitative estimate of drug-likeness (QED) is 0.169. The summed E-state index contributed by atoms with van der Waals surface area (Å²) in [6.07, 6.45) is 7.13. The molecule has 72 heavy (non-hydrogen) atoms. The van der Waals surface area contributed by atoms with Gasteiger partial charge in [-0.15, -0.1) is 0 Å². The van der Waals surface area contributed by atoms with Gasteiger partial charge in [0, 0.05) is 54.5 Å². The number of nitrogens with one attached hydrogen (secondary N) is 1. The number of hydrogen-bond donors (Lipinski definition) is 1. The second-order valence-electron chi connectivity index (χ2n) is 21.4. The summed E-state index contributed by atoms with van der Waals surface area (Å²) in [6, 6.07) is 13.6. The Hall–Kier alpha value is -6.93. The van der Waals surface area contributed by atoms with Gasteiger partial charge in [-0.1, -0.05) is 18.1 Å². The zero-order chi connectivity index (χ0) is 50.6. The Balaban J connectivity index is 1.08. The molecular formula is C52H54F2N10O7S. The van der Waals surface area contributed by atoms with E-state index in [0.29, 0.717) is 53.0 Å². The van der Waals surface area contributed by atoms with Gasteiger partial charge < -0.3 is 14.2 Å². The highest BCUT2D eigenvalue weighted by Gasteiger charge is 2.60. The average molecular weight is 1000 g/mol. The highest BCUT2D eigenvalue weighted by Crippen LogP contribution is 2.57. The topological polar surface area (TPSA) is 190 Å². The van der Waals surface area contributed by atoms with Crippen LogP contribution in [0.1, 0.15) is 116 Å². The fourth-order valence-corrected chi connectivity index (χ4v) is 14.4. The number of aromatic amines is 1. The minimum atomic E-state index is -3.71. The second kappa shape index (κ2) is 15.8. The molecule has 5 atom stereocenters. The number of amides is 1. The van der Waals surface area contributed by atoms with Gasteiger partial charge in [-0.25, -0.2) is 31.5 Å². The monoisotopic (exact) mass is 1000 g/mol. The molecule has 17 nitrogen and oxygen atoms in total. The van der Waals surface area contributed by atoms with Gasteiger partial charge in [0.1, 0.15) is 22.9 Å². The number of nitrogens with zero attached hydrogens (tertiary/aromatic N) is 9. The Morgan fingerprint density at radius 3 is 2.38 bits per heavy atom. The van der Waals surface area contributed by atoms with E-state index in [0.717, 1.165) is 29.3 Å². The smallest absolute Gasteiger partial charge is 0.376 e. The number of imidazole rings is 1. The van der Waals surface area contributed by atoms with Gasteiger partial charge in [0.2, 0.25) is 0 Å². The van der Waals surface area contributed by atoms with Crippen LogP contribution in [0.3, 0.4) is 0 Å². The van der Waals surface area contributed by atoms with E-state index in [1.807, 2.05) is 30.5 Å². The van der Waals surface area contributed by atoms with Crippen molar-refractivity contribution in [2.24, 2.45) is 13.0 Å². The number of H-pyrrole nitrogens is 1. The van der Waals surface area contributed by atoms with Gasteiger partial charge in [0.25, 0.3) is 5.91 Å². The van der Waals surface area contributed by atoms with Crippen LogP contribution in [0.25, 0.3) is 39.0 Å². The Bertz CT molecular complexity index is 3810. The Morgan fingerprint density at radius 2 is 1.68 bits per heavy atom. The van der Waals surface area contributed by atoms with Crippen LogP contribution >= 0.6 is 0 Å². The van der Waals surface area contributed by atoms with Gasteiger partial charge in [-0.05, 0) is 138 Å². The largest absolute Gasteiger partial charge is 0.438 e. The van der Waals surface area contributed by atoms with Crippen LogP contribution < -0.4 is 11.4 Å². The molecule has 3 aliphatic heterocycles. The maximum atomic E-state index is 16.4. The molecule has 1 amide bonds. The molecule has 5 aromatic heterocycles. The van der Waals surface area contributed by atoms with Crippen molar-refractivity contribution < 1.29 is 31.3 Å². The van der Waals surface area contributed by atoms with E-state index in [1.54, 1.807) is 44.0 Å². The van der Waals surface area contributed by atoms with Crippen LogP contribution in [0, 0.1) is 31.4 Å². The van der Waals surface area contributed by atoms with Gasteiger partial charge in [0.05, 0.1) is 57.3 Å². The van der Waals surface area contributed by atoms with E-state index >= 15 is 18.4 Å². The summed E-state index contributed by atoms with van der Waals surface area (Å²) in [7, 11) is -2.01. The SMILES string of the molecule is Cc1cc(-n2nc3c(c2-n2ccn(-c4ccc5c(cnn5C)c4F)c2=O)[C@H](C)N(C(=O)c2cc4cc([C@H]5CCOC(C)(C)C5)ccc4n2[C@@]2(c4noc(=O)[nH]4)C[C@@H]2C)CC32CCCS(=O)(=O)C2)cc(C)c1F. The zero-order valence-electron chi connectivity index (χ0n) is 41.0. The first-order chi connectivity index (χ1) is 34.2. The number of rotatable bonds is 7. The predicted molar refractivity (Wildman–Crippen MR) is 263 cm³/mol. The van der Waals surface area contributed by atoms with Gasteiger partial charge in [-0.3, -0.25) is 28.1 Å². The number of ether oxygens (including phenoxy) is 1. The van der Waals surface area contributed by atoms with Gasteiger partial charge in [-0.2, -0.15) is 10.2 Å². The Morgan fingerprint density at radius 1 is 0.944 bits per heavy atom. The van der Waals surface area contributed by atoms with Crippen molar-refractivity contribution in [1.29, 1.82) is 0 Å². The molecule has 12 rings (SSSR count). The van der Waals surface area contributed by atoms with E-state index in [9.17, 15) is 13.2 Å². The van der Waals surface area contributed by atoms with Crippen LogP contribution in [-0.2, 0) is 32.6 Å². The molecule has 1 unspecified atom stereocenters. The van der Waals surface area contributed by atoms with E-state index < -0.39 is 55.8 Å². The molecule has 20 heteroatoms. The number of benzene rings is 3. The first-order valence-electron chi connectivity index (χ1n) is 24.4. The number of hydrogen-bond acceptors (Lipinski definition) is 10. The molecule has 2 saturated heterocycles. The highest BCUT2D eigenvalue weighted by molar-refractivity contribution is 7.91. The summed E-state index contributed by atoms with van der Waals surface area (Å²) in [5.74, 6) is -2.04. The minimum absolute atomic E-state index is 0.0273. The first-order valence-corrected chi connectivity index (χ1v) is 26.2. The highest BCUT2D eigenvalue weighted by atomic mass is 32.2. The number of halogens is 2. The summed E-state index contributed by atoms with van der Waals surface area (Å²) in [5, 5.41) is 14.7. The van der Waals surface area contributed by atoms with Crippen molar-refractivity contribution in [3.8, 4) is 17.2 Å². The molecule has 1 spiro atoms. The molecule has 0 bridgehead atoms. The van der Waals surface area contributed by atoms with Crippen molar-refractivity contribution >= 4 is 37.6 Å². The number of aromatic nitrogens is 9. The molecule has 1 aliphatic carbocycles. The van der Waals surface area contributed by atoms with E-state index in [1.165, 1.54) is 43.2 Å². The predicted octanol–water partition coefficient (Wildman–Crippen LogP) is 7.35. The third kappa shape index (κ3) is 6.87. The van der Waals surface area contributed by atoms with Crippen molar-refractivity contribution in [2.45, 2.75) is 102 Å². The van der Waals surface area contributed by atoms with E-state index in [2.05, 4.69) is 41.2 Å². The summed E-state index contributed by atoms with van der Waals surface area (Å²) in [5.41, 5.74) is 1.24. The van der Waals surface area contributed by atoms with Crippen LogP contribution in [-0.4, -0.2) is 92.9 Å². The molecule has 8 aromatic rings. The standard InChI is InChI=1S/C52H54F2N10O7S/c1-28-19-35(20-29(2)42(28)53)64-45(61-16-15-60(49(61)67)39-12-11-38-36(43(39)54)25-55-59(38)7)41-31(4)62(26-51(44(41)57-64)14-8-18-72(68,69)27-51)46(65)40-22-34-21-32(33-13-17-70-50(5,6)24-33)9-10-37(34)63(40)52(23-30(52)3)47-56-48(66)71-58-47/h9-12,15-16,19-22,25,30-31,33H,8,13-14,17-18,23-24,26-27H2,1-7H3,(H,56,58,66)/t30-,31-,33-,51?,52-/m0/s1. The summed E-state index contributed by atoms with van der Waals surface area (Å²) in [4.78, 5) is 48.3. The number of carbonyl (C=O) groups excluding carboxylic acids is 1. The van der Waals surface area contributed by atoms with Crippen molar-refractivity contribution in [3.05, 3.63) is 139 Å². The first kappa shape index (κ1) is 46.2. The van der Waals surface area contributed by atoms with Crippen LogP contribution in [0.2, 0.25) is 0 Å². The third-order valence-electron chi connectivity index (χ3n) is 16.1.